The van der Waals surface area contributed by atoms with E-state index in [9.17, 15) is 10.1 Å². The monoisotopic (exact) mass is 284 g/mol. The highest BCUT2D eigenvalue weighted by atomic mass is 16.6. The summed E-state index contributed by atoms with van der Waals surface area (Å²) in [7, 11) is 1.56. The fourth-order valence-corrected chi connectivity index (χ4v) is 1.81. The highest BCUT2D eigenvalue weighted by Crippen LogP contribution is 2.26. The summed E-state index contributed by atoms with van der Waals surface area (Å²) in [5, 5.41) is 23.0. The molecule has 0 saturated carbocycles. The first kappa shape index (κ1) is 16.2. The van der Waals surface area contributed by atoms with E-state index >= 15 is 0 Å². The predicted octanol–water partition coefficient (Wildman–Crippen LogP) is 1.80. The van der Waals surface area contributed by atoms with Crippen LogP contribution in [-0.4, -0.2) is 43.0 Å². The van der Waals surface area contributed by atoms with Gasteiger partial charge in [0.15, 0.2) is 0 Å². The Kier molecular flexibility index (Phi) is 6.75. The second-order valence-electron chi connectivity index (χ2n) is 4.21. The zero-order valence-electron chi connectivity index (χ0n) is 11.7. The van der Waals surface area contributed by atoms with Crippen LogP contribution < -0.4 is 10.1 Å². The van der Waals surface area contributed by atoms with Crippen LogP contribution in [0.3, 0.4) is 0 Å². The van der Waals surface area contributed by atoms with Crippen molar-refractivity contribution in [2.24, 2.45) is 0 Å². The van der Waals surface area contributed by atoms with Crippen molar-refractivity contribution >= 4 is 11.4 Å². The quantitative estimate of drug-likeness (QED) is 0.530. The highest BCUT2D eigenvalue weighted by molar-refractivity contribution is 5.56. The van der Waals surface area contributed by atoms with E-state index in [0.717, 1.165) is 0 Å². The van der Waals surface area contributed by atoms with Crippen molar-refractivity contribution < 1.29 is 19.5 Å². The molecule has 0 aliphatic carbocycles. The Morgan fingerprint density at radius 2 is 2.20 bits per heavy atom. The number of aliphatic hydroxyl groups excluding tert-OH is 1. The molecule has 7 nitrogen and oxygen atoms in total. The zero-order valence-corrected chi connectivity index (χ0v) is 11.7. The van der Waals surface area contributed by atoms with E-state index in [1.807, 2.05) is 6.92 Å². The van der Waals surface area contributed by atoms with E-state index in [1.165, 1.54) is 12.1 Å². The molecule has 0 aliphatic heterocycles. The average Bonchev–Trinajstić information content (AvgIpc) is 2.39. The first-order valence-corrected chi connectivity index (χ1v) is 6.39. The summed E-state index contributed by atoms with van der Waals surface area (Å²) in [6.45, 7) is 2.64. The second kappa shape index (κ2) is 8.34. The van der Waals surface area contributed by atoms with Gasteiger partial charge in [-0.3, -0.25) is 10.1 Å². The summed E-state index contributed by atoms with van der Waals surface area (Å²) in [6, 6.07) is 4.38. The number of anilines is 1. The number of rotatable bonds is 9. The topological polar surface area (TPSA) is 93.9 Å². The summed E-state index contributed by atoms with van der Waals surface area (Å²) < 4.78 is 10.4. The average molecular weight is 284 g/mol. The van der Waals surface area contributed by atoms with Crippen molar-refractivity contribution in [3.8, 4) is 5.75 Å². The molecule has 2 N–H and O–H groups in total. The summed E-state index contributed by atoms with van der Waals surface area (Å²) >= 11 is 0. The van der Waals surface area contributed by atoms with Crippen molar-refractivity contribution in [3.63, 3.8) is 0 Å². The highest BCUT2D eigenvalue weighted by Gasteiger charge is 2.13. The van der Waals surface area contributed by atoms with Crippen molar-refractivity contribution in [2.75, 3.05) is 32.2 Å². The Morgan fingerprint density at radius 3 is 2.75 bits per heavy atom. The molecule has 0 spiro atoms. The number of nitro groups is 1. The molecule has 0 fully saturated rings. The van der Waals surface area contributed by atoms with Crippen LogP contribution in [0.4, 0.5) is 11.4 Å². The van der Waals surface area contributed by atoms with Gasteiger partial charge in [0.05, 0.1) is 30.2 Å². The van der Waals surface area contributed by atoms with E-state index in [4.69, 9.17) is 14.6 Å². The Labute approximate surface area is 117 Å². The first-order valence-electron chi connectivity index (χ1n) is 6.39. The van der Waals surface area contributed by atoms with Crippen LogP contribution in [0.25, 0.3) is 0 Å². The maximum atomic E-state index is 10.9. The lowest BCUT2D eigenvalue weighted by Gasteiger charge is -2.18. The third-order valence-corrected chi connectivity index (χ3v) is 2.63. The lowest BCUT2D eigenvalue weighted by Crippen LogP contribution is -2.26. The zero-order chi connectivity index (χ0) is 15.0. The standard InChI is InChI=1S/C13H20N2O5/c1-3-20-13-7-11(6-12(8-13)15(17)18)14-10(4-5-16)9-19-2/h6-8,10,14,16H,3-5,9H2,1-2H3. The number of benzene rings is 1. The molecule has 0 bridgehead atoms. The van der Waals surface area contributed by atoms with Gasteiger partial charge in [-0.05, 0) is 13.3 Å². The molecule has 0 radical (unpaired) electrons. The molecule has 1 aromatic rings. The van der Waals surface area contributed by atoms with Gasteiger partial charge in [0.1, 0.15) is 5.75 Å². The molecule has 1 unspecified atom stereocenters. The molecule has 0 heterocycles. The number of non-ortho nitro benzene ring substituents is 1. The maximum absolute atomic E-state index is 10.9. The molecule has 1 aromatic carbocycles. The third-order valence-electron chi connectivity index (χ3n) is 2.63. The number of nitrogens with one attached hydrogen (secondary N) is 1. The third kappa shape index (κ3) is 5.02. The number of hydrogen-bond donors (Lipinski definition) is 2. The van der Waals surface area contributed by atoms with Crippen molar-refractivity contribution in [1.82, 2.24) is 0 Å². The minimum atomic E-state index is -0.467. The number of aliphatic hydroxyl groups is 1. The van der Waals surface area contributed by atoms with E-state index in [2.05, 4.69) is 5.32 Å². The van der Waals surface area contributed by atoms with Gasteiger partial charge in [0.25, 0.3) is 5.69 Å². The lowest BCUT2D eigenvalue weighted by molar-refractivity contribution is -0.384. The molecule has 1 atom stereocenters. The van der Waals surface area contributed by atoms with Crippen molar-refractivity contribution in [2.45, 2.75) is 19.4 Å². The summed E-state index contributed by atoms with van der Waals surface area (Å²) in [4.78, 5) is 10.4. The van der Waals surface area contributed by atoms with Gasteiger partial charge in [-0.25, -0.2) is 0 Å². The number of nitrogens with zero attached hydrogens (tertiary/aromatic N) is 1. The smallest absolute Gasteiger partial charge is 0.275 e. The summed E-state index contributed by atoms with van der Waals surface area (Å²) in [5.41, 5.74) is 0.525. The Morgan fingerprint density at radius 1 is 1.45 bits per heavy atom. The molecular weight excluding hydrogens is 264 g/mol. The molecule has 1 rings (SSSR count). The Balaban J connectivity index is 2.93. The summed E-state index contributed by atoms with van der Waals surface area (Å²) in [6.07, 6.45) is 0.487. The van der Waals surface area contributed by atoms with E-state index in [1.54, 1.807) is 13.2 Å². The van der Waals surface area contributed by atoms with Gasteiger partial charge in [0, 0.05) is 31.5 Å². The van der Waals surface area contributed by atoms with Gasteiger partial charge >= 0.3 is 0 Å². The number of nitro benzene ring substituents is 1. The number of hydrogen-bond acceptors (Lipinski definition) is 6. The molecule has 0 aliphatic rings. The first-order chi connectivity index (χ1) is 9.60. The van der Waals surface area contributed by atoms with Gasteiger partial charge in [-0.2, -0.15) is 0 Å². The number of ether oxygens (including phenoxy) is 2. The largest absolute Gasteiger partial charge is 0.494 e. The van der Waals surface area contributed by atoms with Gasteiger partial charge in [0.2, 0.25) is 0 Å². The molecule has 0 saturated heterocycles. The molecular formula is C13H20N2O5. The van der Waals surface area contributed by atoms with Crippen LogP contribution in [0.15, 0.2) is 18.2 Å². The van der Waals surface area contributed by atoms with Crippen LogP contribution in [0.5, 0.6) is 5.75 Å². The van der Waals surface area contributed by atoms with E-state index in [-0.39, 0.29) is 18.3 Å². The van der Waals surface area contributed by atoms with Crippen molar-refractivity contribution in [3.05, 3.63) is 28.3 Å². The molecule has 20 heavy (non-hydrogen) atoms. The van der Waals surface area contributed by atoms with E-state index < -0.39 is 4.92 Å². The SMILES string of the molecule is CCOc1cc(NC(CCO)COC)cc([N+](=O)[O-])c1. The minimum absolute atomic E-state index is 0.00820. The molecule has 0 aromatic heterocycles. The fourth-order valence-electron chi connectivity index (χ4n) is 1.81. The van der Waals surface area contributed by atoms with Crippen LogP contribution in [-0.2, 0) is 4.74 Å². The van der Waals surface area contributed by atoms with Crippen LogP contribution in [0, 0.1) is 10.1 Å². The second-order valence-corrected chi connectivity index (χ2v) is 4.21. The Bertz CT molecular complexity index is 433. The van der Waals surface area contributed by atoms with Gasteiger partial charge in [-0.15, -0.1) is 0 Å². The molecule has 112 valence electrons. The van der Waals surface area contributed by atoms with E-state index in [0.29, 0.717) is 31.1 Å². The summed E-state index contributed by atoms with van der Waals surface area (Å²) in [5.74, 6) is 0.435. The molecule has 7 heteroatoms. The minimum Gasteiger partial charge on any atom is -0.494 e. The van der Waals surface area contributed by atoms with Gasteiger partial charge in [-0.1, -0.05) is 0 Å². The maximum Gasteiger partial charge on any atom is 0.275 e. The lowest BCUT2D eigenvalue weighted by atomic mass is 10.2. The van der Waals surface area contributed by atoms with Crippen LogP contribution >= 0.6 is 0 Å². The van der Waals surface area contributed by atoms with Crippen LogP contribution in [0.1, 0.15) is 13.3 Å². The fraction of sp³-hybridized carbons (Fsp3) is 0.538. The van der Waals surface area contributed by atoms with Gasteiger partial charge < -0.3 is 19.9 Å². The Hall–Kier alpha value is -1.86. The van der Waals surface area contributed by atoms with Crippen molar-refractivity contribution in [1.29, 1.82) is 0 Å². The number of methoxy groups -OCH3 is 1. The van der Waals surface area contributed by atoms with Crippen LogP contribution in [0.2, 0.25) is 0 Å². The molecule has 0 amide bonds. The normalized spacial score (nSPS) is 11.9. The predicted molar refractivity (Wildman–Crippen MR) is 75.3 cm³/mol.